The average molecular weight is 284 g/mol. The van der Waals surface area contributed by atoms with Crippen LogP contribution in [0.25, 0.3) is 0 Å². The second kappa shape index (κ2) is 9.86. The SMILES string of the molecule is CCNc1cc(NCCSCCCO)nc(CC)n1. The standard InChI is InChI=1S/C13H24N4OS/c1-3-11-16-12(14-4-2)10-13(17-11)15-6-9-19-8-5-7-18/h10,18H,3-9H2,1-2H3,(H2,14,15,16,17). The van der Waals surface area contributed by atoms with Crippen molar-refractivity contribution in [1.82, 2.24) is 9.97 Å². The third-order valence-corrected chi connectivity index (χ3v) is 3.52. The van der Waals surface area contributed by atoms with Gasteiger partial charge in [0.2, 0.25) is 0 Å². The van der Waals surface area contributed by atoms with Crippen LogP contribution >= 0.6 is 11.8 Å². The molecule has 0 aliphatic heterocycles. The molecular weight excluding hydrogens is 260 g/mol. The first kappa shape index (κ1) is 16.0. The highest BCUT2D eigenvalue weighted by Gasteiger charge is 2.02. The molecule has 0 aliphatic rings. The molecule has 1 aromatic heterocycles. The lowest BCUT2D eigenvalue weighted by atomic mass is 10.4. The fraction of sp³-hybridized carbons (Fsp3) is 0.692. The van der Waals surface area contributed by atoms with Crippen molar-refractivity contribution in [2.45, 2.75) is 26.7 Å². The molecule has 0 saturated heterocycles. The molecule has 0 spiro atoms. The van der Waals surface area contributed by atoms with E-state index < -0.39 is 0 Å². The molecule has 0 saturated carbocycles. The Morgan fingerprint density at radius 1 is 1.16 bits per heavy atom. The summed E-state index contributed by atoms with van der Waals surface area (Å²) in [5.41, 5.74) is 0. The van der Waals surface area contributed by atoms with E-state index in [1.165, 1.54) is 0 Å². The van der Waals surface area contributed by atoms with Gasteiger partial charge in [-0.05, 0) is 19.1 Å². The molecular formula is C13H24N4OS. The molecule has 0 aromatic carbocycles. The van der Waals surface area contributed by atoms with E-state index in [-0.39, 0.29) is 6.61 Å². The van der Waals surface area contributed by atoms with Crippen LogP contribution in [0.5, 0.6) is 0 Å². The van der Waals surface area contributed by atoms with Crippen LogP contribution in [-0.4, -0.2) is 46.3 Å². The van der Waals surface area contributed by atoms with Gasteiger partial charge in [0.1, 0.15) is 17.5 Å². The van der Waals surface area contributed by atoms with Gasteiger partial charge in [0.15, 0.2) is 0 Å². The molecule has 1 rings (SSSR count). The van der Waals surface area contributed by atoms with Crippen LogP contribution in [-0.2, 0) is 6.42 Å². The number of aromatic nitrogens is 2. The highest BCUT2D eigenvalue weighted by atomic mass is 32.2. The summed E-state index contributed by atoms with van der Waals surface area (Å²) in [4.78, 5) is 8.87. The molecule has 0 unspecified atom stereocenters. The number of hydrogen-bond acceptors (Lipinski definition) is 6. The molecule has 1 heterocycles. The number of aryl methyl sites for hydroxylation is 1. The highest BCUT2D eigenvalue weighted by molar-refractivity contribution is 7.99. The Morgan fingerprint density at radius 3 is 2.53 bits per heavy atom. The summed E-state index contributed by atoms with van der Waals surface area (Å²) in [5.74, 6) is 4.64. The maximum absolute atomic E-state index is 8.69. The van der Waals surface area contributed by atoms with Gasteiger partial charge in [-0.2, -0.15) is 11.8 Å². The molecule has 0 amide bonds. The Bertz CT molecular complexity index is 362. The van der Waals surface area contributed by atoms with Crippen molar-refractivity contribution in [3.05, 3.63) is 11.9 Å². The van der Waals surface area contributed by atoms with E-state index in [1.807, 2.05) is 17.8 Å². The number of aliphatic hydroxyl groups is 1. The van der Waals surface area contributed by atoms with Crippen molar-refractivity contribution in [3.63, 3.8) is 0 Å². The number of nitrogens with zero attached hydrogens (tertiary/aromatic N) is 2. The minimum atomic E-state index is 0.276. The van der Waals surface area contributed by atoms with Gasteiger partial charge >= 0.3 is 0 Å². The van der Waals surface area contributed by atoms with Gasteiger partial charge in [-0.3, -0.25) is 0 Å². The van der Waals surface area contributed by atoms with Gasteiger partial charge in [-0.25, -0.2) is 9.97 Å². The number of thioether (sulfide) groups is 1. The van der Waals surface area contributed by atoms with Crippen LogP contribution < -0.4 is 10.6 Å². The van der Waals surface area contributed by atoms with E-state index in [0.29, 0.717) is 0 Å². The molecule has 0 aliphatic carbocycles. The van der Waals surface area contributed by atoms with E-state index in [2.05, 4.69) is 34.4 Å². The van der Waals surface area contributed by atoms with E-state index in [1.54, 1.807) is 0 Å². The Morgan fingerprint density at radius 2 is 1.89 bits per heavy atom. The first-order valence-electron chi connectivity index (χ1n) is 6.84. The van der Waals surface area contributed by atoms with Crippen LogP contribution in [0.2, 0.25) is 0 Å². The topological polar surface area (TPSA) is 70.1 Å². The van der Waals surface area contributed by atoms with Crippen LogP contribution in [0.3, 0.4) is 0 Å². The summed E-state index contributed by atoms with van der Waals surface area (Å²) in [6, 6.07) is 1.95. The highest BCUT2D eigenvalue weighted by Crippen LogP contribution is 2.12. The first-order chi connectivity index (χ1) is 9.30. The number of anilines is 2. The van der Waals surface area contributed by atoms with E-state index in [9.17, 15) is 0 Å². The van der Waals surface area contributed by atoms with Crippen LogP contribution in [0.4, 0.5) is 11.6 Å². The fourth-order valence-electron chi connectivity index (χ4n) is 1.54. The predicted molar refractivity (Wildman–Crippen MR) is 83.1 cm³/mol. The summed E-state index contributed by atoms with van der Waals surface area (Å²) in [7, 11) is 0. The van der Waals surface area contributed by atoms with Crippen LogP contribution in [0, 0.1) is 0 Å². The Hall–Kier alpha value is -1.01. The minimum Gasteiger partial charge on any atom is -0.396 e. The maximum Gasteiger partial charge on any atom is 0.132 e. The molecule has 0 atom stereocenters. The molecule has 0 radical (unpaired) electrons. The third-order valence-electron chi connectivity index (χ3n) is 2.45. The van der Waals surface area contributed by atoms with Gasteiger partial charge < -0.3 is 15.7 Å². The zero-order valence-electron chi connectivity index (χ0n) is 11.8. The molecule has 0 fully saturated rings. The number of hydrogen-bond donors (Lipinski definition) is 3. The lowest BCUT2D eigenvalue weighted by Gasteiger charge is -2.09. The number of rotatable bonds is 10. The fourth-order valence-corrected chi connectivity index (χ4v) is 2.32. The van der Waals surface area contributed by atoms with E-state index in [0.717, 1.165) is 54.9 Å². The second-order valence-corrected chi connectivity index (χ2v) is 5.28. The summed E-state index contributed by atoms with van der Waals surface area (Å²) in [6.07, 6.45) is 1.70. The van der Waals surface area contributed by atoms with Gasteiger partial charge in [0, 0.05) is 37.9 Å². The van der Waals surface area contributed by atoms with Gasteiger partial charge in [-0.15, -0.1) is 0 Å². The number of aliphatic hydroxyl groups excluding tert-OH is 1. The third kappa shape index (κ3) is 6.63. The largest absolute Gasteiger partial charge is 0.396 e. The van der Waals surface area contributed by atoms with Crippen molar-refractivity contribution in [2.24, 2.45) is 0 Å². The van der Waals surface area contributed by atoms with E-state index >= 15 is 0 Å². The monoisotopic (exact) mass is 284 g/mol. The van der Waals surface area contributed by atoms with Crippen molar-refractivity contribution in [3.8, 4) is 0 Å². The van der Waals surface area contributed by atoms with Crippen molar-refractivity contribution < 1.29 is 5.11 Å². The normalized spacial score (nSPS) is 10.5. The van der Waals surface area contributed by atoms with Crippen LogP contribution in [0.1, 0.15) is 26.1 Å². The first-order valence-corrected chi connectivity index (χ1v) is 7.99. The Kier molecular flexibility index (Phi) is 8.33. The predicted octanol–water partition coefficient (Wildman–Crippen LogP) is 2.00. The zero-order chi connectivity index (χ0) is 13.9. The summed E-state index contributed by atoms with van der Waals surface area (Å²) < 4.78 is 0. The zero-order valence-corrected chi connectivity index (χ0v) is 12.6. The van der Waals surface area contributed by atoms with Gasteiger partial charge in [0.25, 0.3) is 0 Å². The van der Waals surface area contributed by atoms with E-state index in [4.69, 9.17) is 5.11 Å². The molecule has 19 heavy (non-hydrogen) atoms. The number of nitrogens with one attached hydrogen (secondary N) is 2. The van der Waals surface area contributed by atoms with Crippen molar-refractivity contribution in [1.29, 1.82) is 0 Å². The van der Waals surface area contributed by atoms with Gasteiger partial charge in [-0.1, -0.05) is 6.92 Å². The van der Waals surface area contributed by atoms with Crippen molar-refractivity contribution in [2.75, 3.05) is 41.8 Å². The Labute approximate surface area is 119 Å². The minimum absolute atomic E-state index is 0.276. The summed E-state index contributed by atoms with van der Waals surface area (Å²) in [5, 5.41) is 15.2. The smallest absolute Gasteiger partial charge is 0.132 e. The molecule has 6 heteroatoms. The Balaban J connectivity index is 2.41. The average Bonchev–Trinajstić information content (AvgIpc) is 2.43. The van der Waals surface area contributed by atoms with Crippen molar-refractivity contribution >= 4 is 23.4 Å². The quantitative estimate of drug-likeness (QED) is 0.571. The maximum atomic E-state index is 8.69. The summed E-state index contributed by atoms with van der Waals surface area (Å²) >= 11 is 1.84. The second-order valence-electron chi connectivity index (χ2n) is 4.05. The molecule has 5 nitrogen and oxygen atoms in total. The van der Waals surface area contributed by atoms with Crippen LogP contribution in [0.15, 0.2) is 6.07 Å². The molecule has 108 valence electrons. The molecule has 0 bridgehead atoms. The molecule has 1 aromatic rings. The lowest BCUT2D eigenvalue weighted by molar-refractivity contribution is 0.296. The van der Waals surface area contributed by atoms with Gasteiger partial charge in [0.05, 0.1) is 0 Å². The lowest BCUT2D eigenvalue weighted by Crippen LogP contribution is -2.10. The molecule has 3 N–H and O–H groups in total. The summed E-state index contributed by atoms with van der Waals surface area (Å²) in [6.45, 7) is 6.12.